The summed E-state index contributed by atoms with van der Waals surface area (Å²) >= 11 is 6.01. The highest BCUT2D eigenvalue weighted by molar-refractivity contribution is 6.30. The third-order valence-electron chi connectivity index (χ3n) is 6.56. The molecule has 200 valence electrons. The normalized spacial score (nSPS) is 10.8. The maximum atomic E-state index is 13.9. The minimum atomic E-state index is -0.294. The van der Waals surface area contributed by atoms with E-state index in [-0.39, 0.29) is 18.6 Å². The van der Waals surface area contributed by atoms with Crippen LogP contribution in [-0.2, 0) is 17.9 Å². The molecule has 0 aliphatic rings. The maximum Gasteiger partial charge on any atom is 0.261 e. The molecule has 0 atom stereocenters. The predicted molar refractivity (Wildman–Crippen MR) is 159 cm³/mol. The average molecular weight is 548 g/mol. The van der Waals surface area contributed by atoms with Gasteiger partial charge in [0.15, 0.2) is 6.61 Å². The van der Waals surface area contributed by atoms with E-state index < -0.39 is 0 Å². The summed E-state index contributed by atoms with van der Waals surface area (Å²) in [4.78, 5) is 15.7. The van der Waals surface area contributed by atoms with E-state index in [1.807, 2.05) is 95.9 Å². The van der Waals surface area contributed by atoms with Gasteiger partial charge in [0.05, 0.1) is 6.04 Å². The molecule has 0 radical (unpaired) electrons. The van der Waals surface area contributed by atoms with Gasteiger partial charge in [-0.15, -0.1) is 0 Å². The van der Waals surface area contributed by atoms with Crippen LogP contribution in [0.3, 0.4) is 0 Å². The summed E-state index contributed by atoms with van der Waals surface area (Å²) in [6.07, 6.45) is 0. The highest BCUT2D eigenvalue weighted by Gasteiger charge is 2.27. The van der Waals surface area contributed by atoms with E-state index in [2.05, 4.69) is 24.3 Å². The first-order valence-corrected chi connectivity index (χ1v) is 13.6. The Labute approximate surface area is 240 Å². The molecule has 0 aliphatic heterocycles. The molecule has 5 aromatic rings. The second kappa shape index (κ2) is 13.5. The molecule has 0 heterocycles. The lowest BCUT2D eigenvalue weighted by Gasteiger charge is -2.33. The van der Waals surface area contributed by atoms with Crippen molar-refractivity contribution in [1.29, 1.82) is 0 Å². The molecule has 0 aromatic heterocycles. The lowest BCUT2D eigenvalue weighted by Crippen LogP contribution is -2.38. The smallest absolute Gasteiger partial charge is 0.261 e. The third-order valence-corrected chi connectivity index (χ3v) is 6.82. The summed E-state index contributed by atoms with van der Waals surface area (Å²) in [5.41, 5.74) is 4.15. The second-order valence-electron chi connectivity index (χ2n) is 9.41. The molecule has 0 unspecified atom stereocenters. The van der Waals surface area contributed by atoms with Gasteiger partial charge in [-0.25, -0.2) is 0 Å². The minimum Gasteiger partial charge on any atom is -0.489 e. The molecule has 0 aliphatic carbocycles. The van der Waals surface area contributed by atoms with E-state index in [0.29, 0.717) is 23.9 Å². The van der Waals surface area contributed by atoms with Gasteiger partial charge >= 0.3 is 0 Å². The van der Waals surface area contributed by atoms with Crippen molar-refractivity contribution >= 4 is 17.5 Å². The Kier molecular flexibility index (Phi) is 9.13. The summed E-state index contributed by atoms with van der Waals surface area (Å²) in [7, 11) is 0. The molecule has 0 N–H and O–H groups in total. The fraction of sp³-hybridized carbons (Fsp3) is 0.114. The summed E-state index contributed by atoms with van der Waals surface area (Å²) in [5.74, 6) is 1.24. The number of hydrogen-bond donors (Lipinski definition) is 0. The molecule has 0 bridgehead atoms. The maximum absolute atomic E-state index is 13.9. The van der Waals surface area contributed by atoms with Crippen molar-refractivity contribution in [3.8, 4) is 11.5 Å². The van der Waals surface area contributed by atoms with Crippen molar-refractivity contribution in [2.45, 2.75) is 19.2 Å². The van der Waals surface area contributed by atoms with Crippen LogP contribution in [0.1, 0.15) is 28.3 Å². The Morgan fingerprint density at radius 3 is 1.68 bits per heavy atom. The fourth-order valence-electron chi connectivity index (χ4n) is 4.53. The Balaban J connectivity index is 1.39. The predicted octanol–water partition coefficient (Wildman–Crippen LogP) is 8.12. The van der Waals surface area contributed by atoms with Crippen LogP contribution in [-0.4, -0.2) is 17.4 Å². The Morgan fingerprint density at radius 2 is 1.10 bits per heavy atom. The number of rotatable bonds is 11. The van der Waals surface area contributed by atoms with Gasteiger partial charge in [-0.2, -0.15) is 0 Å². The van der Waals surface area contributed by atoms with Crippen LogP contribution < -0.4 is 9.47 Å². The Bertz CT molecular complexity index is 1440. The van der Waals surface area contributed by atoms with E-state index in [1.165, 1.54) is 0 Å². The monoisotopic (exact) mass is 547 g/mol. The molecule has 1 amide bonds. The average Bonchev–Trinajstić information content (AvgIpc) is 3.01. The largest absolute Gasteiger partial charge is 0.489 e. The lowest BCUT2D eigenvalue weighted by atomic mass is 9.96. The Morgan fingerprint density at radius 1 is 0.600 bits per heavy atom. The van der Waals surface area contributed by atoms with Crippen LogP contribution >= 0.6 is 11.6 Å². The number of hydrogen-bond acceptors (Lipinski definition) is 3. The summed E-state index contributed by atoms with van der Waals surface area (Å²) in [6.45, 7) is 0.795. The molecule has 5 heteroatoms. The van der Waals surface area contributed by atoms with Crippen molar-refractivity contribution in [3.63, 3.8) is 0 Å². The molecule has 40 heavy (non-hydrogen) atoms. The van der Waals surface area contributed by atoms with Crippen LogP contribution in [0.15, 0.2) is 140 Å². The van der Waals surface area contributed by atoms with Crippen molar-refractivity contribution in [2.24, 2.45) is 0 Å². The van der Waals surface area contributed by atoms with E-state index in [4.69, 9.17) is 21.1 Å². The highest BCUT2D eigenvalue weighted by Crippen LogP contribution is 2.31. The SMILES string of the molecule is O=C(COc1ccc(Cl)cc1)N(Cc1ccc(OCc2ccccc2)cc1)C(c1ccccc1)c1ccccc1. The molecule has 5 rings (SSSR count). The van der Waals surface area contributed by atoms with Gasteiger partial charge in [0.25, 0.3) is 5.91 Å². The fourth-order valence-corrected chi connectivity index (χ4v) is 4.66. The number of ether oxygens (including phenoxy) is 2. The first kappa shape index (κ1) is 27.0. The summed E-state index contributed by atoms with van der Waals surface area (Å²) < 4.78 is 11.9. The van der Waals surface area contributed by atoms with Gasteiger partial charge in [-0.05, 0) is 58.7 Å². The van der Waals surface area contributed by atoms with Crippen molar-refractivity contribution in [2.75, 3.05) is 6.61 Å². The number of carbonyl (C=O) groups is 1. The molecule has 0 saturated heterocycles. The van der Waals surface area contributed by atoms with Crippen LogP contribution in [0.25, 0.3) is 0 Å². The highest BCUT2D eigenvalue weighted by atomic mass is 35.5. The number of nitrogens with zero attached hydrogens (tertiary/aromatic N) is 1. The molecule has 0 saturated carbocycles. The number of benzene rings is 5. The summed E-state index contributed by atoms with van der Waals surface area (Å²) in [6, 6.07) is 44.9. The first-order valence-electron chi connectivity index (χ1n) is 13.2. The second-order valence-corrected chi connectivity index (χ2v) is 9.84. The van der Waals surface area contributed by atoms with Gasteiger partial charge in [0.2, 0.25) is 0 Å². The Hall–Kier alpha value is -4.54. The molecule has 4 nitrogen and oxygen atoms in total. The molecule has 0 spiro atoms. The van der Waals surface area contributed by atoms with Crippen molar-refractivity contribution in [3.05, 3.63) is 167 Å². The minimum absolute atomic E-state index is 0.101. The van der Waals surface area contributed by atoms with Crippen LogP contribution in [0.5, 0.6) is 11.5 Å². The number of halogens is 1. The molecular weight excluding hydrogens is 518 g/mol. The van der Waals surface area contributed by atoms with Crippen molar-refractivity contribution in [1.82, 2.24) is 4.90 Å². The van der Waals surface area contributed by atoms with E-state index in [9.17, 15) is 4.79 Å². The number of carbonyl (C=O) groups excluding carboxylic acids is 1. The third kappa shape index (κ3) is 7.31. The zero-order valence-electron chi connectivity index (χ0n) is 22.0. The van der Waals surface area contributed by atoms with E-state index in [0.717, 1.165) is 28.0 Å². The van der Waals surface area contributed by atoms with Crippen molar-refractivity contribution < 1.29 is 14.3 Å². The standard InChI is InChI=1S/C35H30ClNO3/c36-31-18-22-33(23-19-31)40-26-34(38)37(35(29-12-6-2-7-13-29)30-14-8-3-9-15-30)24-27-16-20-32(21-17-27)39-25-28-10-4-1-5-11-28/h1-23,35H,24-26H2. The van der Waals surface area contributed by atoms with Crippen LogP contribution in [0.4, 0.5) is 0 Å². The van der Waals surface area contributed by atoms with E-state index in [1.54, 1.807) is 24.3 Å². The van der Waals surface area contributed by atoms with Gasteiger partial charge in [0, 0.05) is 11.6 Å². The molecule has 5 aromatic carbocycles. The van der Waals surface area contributed by atoms with E-state index >= 15 is 0 Å². The van der Waals surface area contributed by atoms with Gasteiger partial charge < -0.3 is 14.4 Å². The van der Waals surface area contributed by atoms with Gasteiger partial charge in [-0.3, -0.25) is 4.79 Å². The summed E-state index contributed by atoms with van der Waals surface area (Å²) in [5, 5.41) is 0.615. The zero-order chi connectivity index (χ0) is 27.6. The molecule has 0 fully saturated rings. The van der Waals surface area contributed by atoms with Crippen LogP contribution in [0, 0.1) is 0 Å². The van der Waals surface area contributed by atoms with Crippen LogP contribution in [0.2, 0.25) is 5.02 Å². The number of amides is 1. The molecular formula is C35H30ClNO3. The lowest BCUT2D eigenvalue weighted by molar-refractivity contribution is -0.135. The quantitative estimate of drug-likeness (QED) is 0.168. The topological polar surface area (TPSA) is 38.8 Å². The van der Waals surface area contributed by atoms with Gasteiger partial charge in [0.1, 0.15) is 18.1 Å². The van der Waals surface area contributed by atoms with Gasteiger partial charge in [-0.1, -0.05) is 115 Å². The first-order chi connectivity index (χ1) is 19.7. The zero-order valence-corrected chi connectivity index (χ0v) is 22.8.